The molecule has 1 unspecified atom stereocenters. The van der Waals surface area contributed by atoms with E-state index < -0.39 is 0 Å². The third-order valence-corrected chi connectivity index (χ3v) is 1.19. The molecule has 0 bridgehead atoms. The van der Waals surface area contributed by atoms with Crippen LogP contribution in [0.2, 0.25) is 0 Å². The fourth-order valence-electron chi connectivity index (χ4n) is 0.750. The van der Waals surface area contributed by atoms with Crippen LogP contribution in [0, 0.1) is 17.2 Å². The molecule has 0 aromatic carbocycles. The molecule has 0 saturated heterocycles. The molecule has 0 radical (unpaired) electrons. The molecule has 1 N–H and O–H groups in total. The molecule has 1 aliphatic heterocycles. The zero-order chi connectivity index (χ0) is 5.98. The van der Waals surface area contributed by atoms with Gasteiger partial charge in [0.2, 0.25) is 0 Å². The van der Waals surface area contributed by atoms with E-state index >= 15 is 0 Å². The van der Waals surface area contributed by atoms with Crippen molar-refractivity contribution < 1.29 is 0 Å². The Morgan fingerprint density at radius 1 is 2.00 bits per heavy atom. The minimum atomic E-state index is 0.532. The molecular formula is C6H8N2. The average Bonchev–Trinajstić information content (AvgIpc) is 2.14. The molecule has 0 amide bonds. The fraction of sp³-hybridized carbons (Fsp3) is 0.500. The monoisotopic (exact) mass is 108 g/mol. The molecule has 0 saturated carbocycles. The molecule has 0 aliphatic carbocycles. The second-order valence-corrected chi connectivity index (χ2v) is 2.05. The standard InChI is InChI=1S/C6H8N2/c1-5-2-6(3-7)8-4-5/h2,5,8H,4H2,1H3. The lowest BCUT2D eigenvalue weighted by Crippen LogP contribution is -2.08. The molecule has 1 heterocycles. The second-order valence-electron chi connectivity index (χ2n) is 2.05. The number of allylic oxidation sites excluding steroid dienone is 1. The van der Waals surface area contributed by atoms with Crippen LogP contribution in [0.1, 0.15) is 6.92 Å². The van der Waals surface area contributed by atoms with Crippen LogP contribution in [0.25, 0.3) is 0 Å². The van der Waals surface area contributed by atoms with Crippen LogP contribution < -0.4 is 5.32 Å². The Hall–Kier alpha value is -0.970. The van der Waals surface area contributed by atoms with Crippen LogP contribution >= 0.6 is 0 Å². The molecule has 8 heavy (non-hydrogen) atoms. The van der Waals surface area contributed by atoms with Crippen LogP contribution in [-0.4, -0.2) is 6.54 Å². The highest BCUT2D eigenvalue weighted by molar-refractivity contribution is 5.23. The zero-order valence-electron chi connectivity index (χ0n) is 4.81. The molecular weight excluding hydrogens is 100 g/mol. The molecule has 0 spiro atoms. The maximum atomic E-state index is 8.30. The average molecular weight is 108 g/mol. The van der Waals surface area contributed by atoms with Crippen molar-refractivity contribution in [1.82, 2.24) is 5.32 Å². The lowest BCUT2D eigenvalue weighted by molar-refractivity contribution is 0.719. The molecule has 0 aromatic rings. The van der Waals surface area contributed by atoms with Gasteiger partial charge in [0.15, 0.2) is 0 Å². The Kier molecular flexibility index (Phi) is 1.21. The lowest BCUT2D eigenvalue weighted by atomic mass is 10.2. The van der Waals surface area contributed by atoms with Crippen LogP contribution in [0.15, 0.2) is 11.8 Å². The minimum absolute atomic E-state index is 0.532. The van der Waals surface area contributed by atoms with E-state index in [0.717, 1.165) is 12.2 Å². The summed E-state index contributed by atoms with van der Waals surface area (Å²) in [6.07, 6.45) is 1.94. The Labute approximate surface area is 48.8 Å². The van der Waals surface area contributed by atoms with Gasteiger partial charge in [0.25, 0.3) is 0 Å². The second kappa shape index (κ2) is 1.87. The van der Waals surface area contributed by atoms with E-state index in [9.17, 15) is 0 Å². The van der Waals surface area contributed by atoms with Crippen LogP contribution in [0.4, 0.5) is 0 Å². The van der Waals surface area contributed by atoms with Crippen molar-refractivity contribution >= 4 is 0 Å². The van der Waals surface area contributed by atoms with E-state index in [4.69, 9.17) is 5.26 Å². The van der Waals surface area contributed by atoms with E-state index in [1.54, 1.807) is 0 Å². The van der Waals surface area contributed by atoms with E-state index in [1.807, 2.05) is 12.1 Å². The first-order chi connectivity index (χ1) is 3.83. The number of rotatable bonds is 0. The van der Waals surface area contributed by atoms with Crippen molar-refractivity contribution in [2.75, 3.05) is 6.54 Å². The largest absolute Gasteiger partial charge is 0.376 e. The number of nitriles is 1. The summed E-state index contributed by atoms with van der Waals surface area (Å²) in [6.45, 7) is 3.00. The third kappa shape index (κ3) is 0.812. The summed E-state index contributed by atoms with van der Waals surface area (Å²) in [7, 11) is 0. The highest BCUT2D eigenvalue weighted by Gasteiger charge is 2.07. The smallest absolute Gasteiger partial charge is 0.117 e. The maximum absolute atomic E-state index is 8.30. The number of hydrogen-bond acceptors (Lipinski definition) is 2. The third-order valence-electron chi connectivity index (χ3n) is 1.19. The van der Waals surface area contributed by atoms with Gasteiger partial charge in [-0.2, -0.15) is 5.26 Å². The van der Waals surface area contributed by atoms with Gasteiger partial charge in [-0.25, -0.2) is 0 Å². The van der Waals surface area contributed by atoms with Crippen LogP contribution in [0.5, 0.6) is 0 Å². The van der Waals surface area contributed by atoms with Gasteiger partial charge < -0.3 is 5.32 Å². The summed E-state index contributed by atoms with van der Waals surface area (Å²) in [4.78, 5) is 0. The molecule has 0 fully saturated rings. The molecule has 1 rings (SSSR count). The van der Waals surface area contributed by atoms with Crippen molar-refractivity contribution in [2.24, 2.45) is 5.92 Å². The van der Waals surface area contributed by atoms with E-state index in [0.29, 0.717) is 5.92 Å². The first-order valence-electron chi connectivity index (χ1n) is 2.68. The van der Waals surface area contributed by atoms with E-state index in [2.05, 4.69) is 12.2 Å². The van der Waals surface area contributed by atoms with E-state index in [-0.39, 0.29) is 0 Å². The van der Waals surface area contributed by atoms with Crippen molar-refractivity contribution in [3.8, 4) is 6.07 Å². The SMILES string of the molecule is CC1C=C(C#N)NC1. The summed E-state index contributed by atoms with van der Waals surface area (Å²) in [6, 6.07) is 2.04. The Morgan fingerprint density at radius 3 is 3.00 bits per heavy atom. The summed E-state index contributed by atoms with van der Waals surface area (Å²) in [5.41, 5.74) is 0.720. The van der Waals surface area contributed by atoms with E-state index in [1.165, 1.54) is 0 Å². The molecule has 2 nitrogen and oxygen atoms in total. The summed E-state index contributed by atoms with van der Waals surface area (Å²) >= 11 is 0. The highest BCUT2D eigenvalue weighted by Crippen LogP contribution is 2.06. The molecule has 0 aromatic heterocycles. The molecule has 42 valence electrons. The Morgan fingerprint density at radius 2 is 2.75 bits per heavy atom. The van der Waals surface area contributed by atoms with Crippen molar-refractivity contribution in [2.45, 2.75) is 6.92 Å². The summed E-state index contributed by atoms with van der Waals surface area (Å²) in [5, 5.41) is 11.3. The van der Waals surface area contributed by atoms with Gasteiger partial charge in [0.05, 0.1) is 0 Å². The van der Waals surface area contributed by atoms with Gasteiger partial charge in [-0.05, 0) is 12.0 Å². The van der Waals surface area contributed by atoms with Gasteiger partial charge in [-0.1, -0.05) is 6.92 Å². The number of nitrogens with zero attached hydrogens (tertiary/aromatic N) is 1. The predicted molar refractivity (Wildman–Crippen MR) is 30.9 cm³/mol. The molecule has 1 aliphatic rings. The molecule has 2 heteroatoms. The van der Waals surface area contributed by atoms with Crippen molar-refractivity contribution in [1.29, 1.82) is 5.26 Å². The summed E-state index contributed by atoms with van der Waals surface area (Å²) in [5.74, 6) is 0.532. The van der Waals surface area contributed by atoms with Gasteiger partial charge in [-0.15, -0.1) is 0 Å². The zero-order valence-corrected chi connectivity index (χ0v) is 4.81. The Balaban J connectivity index is 2.61. The maximum Gasteiger partial charge on any atom is 0.117 e. The number of hydrogen-bond donors (Lipinski definition) is 1. The normalized spacial score (nSPS) is 26.0. The van der Waals surface area contributed by atoms with Gasteiger partial charge in [-0.3, -0.25) is 0 Å². The van der Waals surface area contributed by atoms with Gasteiger partial charge >= 0.3 is 0 Å². The van der Waals surface area contributed by atoms with Crippen LogP contribution in [0.3, 0.4) is 0 Å². The summed E-state index contributed by atoms with van der Waals surface area (Å²) < 4.78 is 0. The van der Waals surface area contributed by atoms with Gasteiger partial charge in [0, 0.05) is 6.54 Å². The quantitative estimate of drug-likeness (QED) is 0.494. The fourth-order valence-corrected chi connectivity index (χ4v) is 0.750. The first kappa shape index (κ1) is 5.17. The minimum Gasteiger partial charge on any atom is -0.376 e. The predicted octanol–water partition coefficient (Wildman–Crippen LogP) is 0.633. The lowest BCUT2D eigenvalue weighted by Gasteiger charge is -1.92. The first-order valence-corrected chi connectivity index (χ1v) is 2.68. The van der Waals surface area contributed by atoms with Gasteiger partial charge in [0.1, 0.15) is 11.8 Å². The topological polar surface area (TPSA) is 35.8 Å². The number of nitrogens with one attached hydrogen (secondary N) is 1. The highest BCUT2D eigenvalue weighted by atomic mass is 14.9. The molecule has 1 atom stereocenters. The van der Waals surface area contributed by atoms with Crippen molar-refractivity contribution in [3.63, 3.8) is 0 Å². The van der Waals surface area contributed by atoms with Crippen LogP contribution in [-0.2, 0) is 0 Å². The Bertz CT molecular complexity index is 152. The van der Waals surface area contributed by atoms with Crippen molar-refractivity contribution in [3.05, 3.63) is 11.8 Å².